The van der Waals surface area contributed by atoms with E-state index in [4.69, 9.17) is 9.47 Å². The molecular formula is C23H23N3O7. The van der Waals surface area contributed by atoms with E-state index in [-0.39, 0.29) is 19.6 Å². The molecule has 2 N–H and O–H groups in total. The normalized spacial score (nSPS) is 15.0. The van der Waals surface area contributed by atoms with Crippen LogP contribution in [-0.4, -0.2) is 54.4 Å². The number of amides is 3. The molecule has 1 saturated heterocycles. The van der Waals surface area contributed by atoms with Crippen LogP contribution in [-0.2, 0) is 23.9 Å². The van der Waals surface area contributed by atoms with Gasteiger partial charge in [-0.05, 0) is 43.3 Å². The Hall–Kier alpha value is -4.21. The number of carbonyl (C=O) groups excluding carboxylic acids is 5. The molecule has 0 unspecified atom stereocenters. The molecule has 2 aromatic carbocycles. The Kier molecular flexibility index (Phi) is 7.74. The summed E-state index contributed by atoms with van der Waals surface area (Å²) < 4.78 is 9.91. The second-order valence-electron chi connectivity index (χ2n) is 7.17. The van der Waals surface area contributed by atoms with Crippen molar-refractivity contribution in [2.75, 3.05) is 25.1 Å². The Morgan fingerprint density at radius 3 is 2.33 bits per heavy atom. The van der Waals surface area contributed by atoms with Gasteiger partial charge in [0.05, 0.1) is 24.6 Å². The van der Waals surface area contributed by atoms with Crippen LogP contribution in [0.25, 0.3) is 0 Å². The van der Waals surface area contributed by atoms with Crippen molar-refractivity contribution >= 4 is 35.3 Å². The number of carbonyl (C=O) groups is 5. The van der Waals surface area contributed by atoms with Crippen LogP contribution in [0.4, 0.5) is 5.69 Å². The Morgan fingerprint density at radius 1 is 0.970 bits per heavy atom. The number of nitrogens with one attached hydrogen (secondary N) is 2. The van der Waals surface area contributed by atoms with E-state index in [1.807, 2.05) is 0 Å². The highest BCUT2D eigenvalue weighted by molar-refractivity contribution is 5.97. The van der Waals surface area contributed by atoms with Gasteiger partial charge in [-0.25, -0.2) is 4.79 Å². The van der Waals surface area contributed by atoms with Gasteiger partial charge in [0.2, 0.25) is 5.91 Å². The quantitative estimate of drug-likeness (QED) is 0.580. The van der Waals surface area contributed by atoms with E-state index in [0.717, 1.165) is 5.01 Å². The molecule has 0 bridgehead atoms. The number of rotatable bonds is 8. The highest BCUT2D eigenvalue weighted by atomic mass is 16.5. The number of hydrazine groups is 1. The van der Waals surface area contributed by atoms with Crippen molar-refractivity contribution < 1.29 is 33.4 Å². The molecule has 1 aliphatic heterocycles. The second-order valence-corrected chi connectivity index (χ2v) is 7.17. The van der Waals surface area contributed by atoms with Crippen LogP contribution in [0.5, 0.6) is 0 Å². The molecule has 10 nitrogen and oxygen atoms in total. The number of nitrogens with zero attached hydrogens (tertiary/aromatic N) is 1. The van der Waals surface area contributed by atoms with Gasteiger partial charge in [-0.2, -0.15) is 0 Å². The maximum atomic E-state index is 12.3. The number of benzene rings is 2. The van der Waals surface area contributed by atoms with Gasteiger partial charge < -0.3 is 14.8 Å². The maximum Gasteiger partial charge on any atom is 0.338 e. The molecule has 1 fully saturated rings. The van der Waals surface area contributed by atoms with Crippen molar-refractivity contribution in [2.45, 2.75) is 13.3 Å². The van der Waals surface area contributed by atoms with Crippen molar-refractivity contribution in [2.24, 2.45) is 5.92 Å². The number of hydrogen-bond donors (Lipinski definition) is 2. The average molecular weight is 453 g/mol. The maximum absolute atomic E-state index is 12.3. The summed E-state index contributed by atoms with van der Waals surface area (Å²) in [6, 6.07) is 14.4. The van der Waals surface area contributed by atoms with E-state index in [0.29, 0.717) is 16.8 Å². The van der Waals surface area contributed by atoms with E-state index in [9.17, 15) is 24.0 Å². The molecule has 0 aromatic heterocycles. The molecule has 172 valence electrons. The van der Waals surface area contributed by atoms with Crippen LogP contribution in [0, 0.1) is 5.92 Å². The summed E-state index contributed by atoms with van der Waals surface area (Å²) in [7, 11) is 0. The molecule has 2 aromatic rings. The van der Waals surface area contributed by atoms with Gasteiger partial charge in [0, 0.05) is 17.7 Å². The first kappa shape index (κ1) is 23.5. The Balaban J connectivity index is 1.44. The van der Waals surface area contributed by atoms with E-state index < -0.39 is 42.2 Å². The number of esters is 2. The van der Waals surface area contributed by atoms with Gasteiger partial charge in [-0.15, -0.1) is 0 Å². The lowest BCUT2D eigenvalue weighted by Crippen LogP contribution is -2.43. The second kappa shape index (κ2) is 10.9. The summed E-state index contributed by atoms with van der Waals surface area (Å²) in [5, 5.41) is 3.62. The predicted octanol–water partition coefficient (Wildman–Crippen LogP) is 1.54. The topological polar surface area (TPSA) is 131 Å². The van der Waals surface area contributed by atoms with Crippen LogP contribution in [0.3, 0.4) is 0 Å². The third-order valence-corrected chi connectivity index (χ3v) is 4.76. The first-order valence-electron chi connectivity index (χ1n) is 10.3. The monoisotopic (exact) mass is 453 g/mol. The van der Waals surface area contributed by atoms with Gasteiger partial charge >= 0.3 is 11.9 Å². The molecule has 1 aliphatic rings. The lowest BCUT2D eigenvalue weighted by molar-refractivity contribution is -0.151. The highest BCUT2D eigenvalue weighted by Crippen LogP contribution is 2.18. The molecule has 10 heteroatoms. The zero-order valence-corrected chi connectivity index (χ0v) is 17.9. The van der Waals surface area contributed by atoms with Crippen LogP contribution in [0.2, 0.25) is 0 Å². The minimum atomic E-state index is -0.801. The van der Waals surface area contributed by atoms with Crippen molar-refractivity contribution in [1.29, 1.82) is 0 Å². The minimum Gasteiger partial charge on any atom is -0.462 e. The summed E-state index contributed by atoms with van der Waals surface area (Å²) in [4.78, 5) is 60.3. The SMILES string of the molecule is CCOC(=O)c1ccc(NC(=O)COC(=O)[C@H]2CC(=O)N(NC(=O)c3ccccc3)C2)cc1. The molecule has 33 heavy (non-hydrogen) atoms. The van der Waals surface area contributed by atoms with E-state index in [1.165, 1.54) is 24.3 Å². The van der Waals surface area contributed by atoms with Gasteiger partial charge in [-0.1, -0.05) is 18.2 Å². The van der Waals surface area contributed by atoms with E-state index in [1.54, 1.807) is 37.3 Å². The Morgan fingerprint density at radius 2 is 1.67 bits per heavy atom. The highest BCUT2D eigenvalue weighted by Gasteiger charge is 2.36. The first-order valence-corrected chi connectivity index (χ1v) is 10.3. The van der Waals surface area contributed by atoms with E-state index in [2.05, 4.69) is 10.7 Å². The molecular weight excluding hydrogens is 430 g/mol. The lowest BCUT2D eigenvalue weighted by Gasteiger charge is -2.17. The van der Waals surface area contributed by atoms with Crippen LogP contribution in [0.1, 0.15) is 34.1 Å². The average Bonchev–Trinajstić information content (AvgIpc) is 3.18. The number of ether oxygens (including phenoxy) is 2. The zero-order valence-electron chi connectivity index (χ0n) is 17.9. The molecule has 3 rings (SSSR count). The van der Waals surface area contributed by atoms with Crippen molar-refractivity contribution in [1.82, 2.24) is 10.4 Å². The fourth-order valence-corrected chi connectivity index (χ4v) is 3.11. The summed E-state index contributed by atoms with van der Waals surface area (Å²) >= 11 is 0. The number of hydrogen-bond acceptors (Lipinski definition) is 7. The van der Waals surface area contributed by atoms with Crippen molar-refractivity contribution in [3.63, 3.8) is 0 Å². The molecule has 3 amide bonds. The Bertz CT molecular complexity index is 1040. The third kappa shape index (κ3) is 6.39. The number of anilines is 1. The largest absolute Gasteiger partial charge is 0.462 e. The lowest BCUT2D eigenvalue weighted by atomic mass is 10.1. The fourth-order valence-electron chi connectivity index (χ4n) is 3.11. The third-order valence-electron chi connectivity index (χ3n) is 4.76. The summed E-state index contributed by atoms with van der Waals surface area (Å²) in [5.74, 6) is -3.45. The minimum absolute atomic E-state index is 0.0484. The fraction of sp³-hybridized carbons (Fsp3) is 0.261. The summed E-state index contributed by atoms with van der Waals surface area (Å²) in [6.45, 7) is 1.37. The van der Waals surface area contributed by atoms with Crippen molar-refractivity contribution in [3.05, 3.63) is 65.7 Å². The van der Waals surface area contributed by atoms with Crippen LogP contribution >= 0.6 is 0 Å². The summed E-state index contributed by atoms with van der Waals surface area (Å²) in [6.07, 6.45) is -0.134. The van der Waals surface area contributed by atoms with Gasteiger partial charge in [0.15, 0.2) is 6.61 Å². The molecule has 0 aliphatic carbocycles. The van der Waals surface area contributed by atoms with E-state index >= 15 is 0 Å². The standard InChI is InChI=1S/C23H23N3O7/c1-2-32-22(30)16-8-10-18(11-9-16)24-19(27)14-33-23(31)17-12-20(28)26(13-17)25-21(29)15-6-4-3-5-7-15/h3-11,17H,2,12-14H2,1H3,(H,24,27)(H,25,29)/t17-/m0/s1. The molecule has 1 heterocycles. The Labute approximate surface area is 189 Å². The molecule has 0 saturated carbocycles. The molecule has 0 spiro atoms. The van der Waals surface area contributed by atoms with Gasteiger partial charge in [-0.3, -0.25) is 29.6 Å². The van der Waals surface area contributed by atoms with Crippen molar-refractivity contribution in [3.8, 4) is 0 Å². The smallest absolute Gasteiger partial charge is 0.338 e. The van der Waals surface area contributed by atoms with Crippen LogP contribution < -0.4 is 10.7 Å². The first-order chi connectivity index (χ1) is 15.9. The summed E-state index contributed by atoms with van der Waals surface area (Å²) in [5.41, 5.74) is 3.61. The zero-order chi connectivity index (χ0) is 23.8. The van der Waals surface area contributed by atoms with Gasteiger partial charge in [0.25, 0.3) is 11.8 Å². The molecule has 1 atom stereocenters. The van der Waals surface area contributed by atoms with Crippen LogP contribution in [0.15, 0.2) is 54.6 Å². The predicted molar refractivity (Wildman–Crippen MR) is 116 cm³/mol. The molecule has 0 radical (unpaired) electrons. The van der Waals surface area contributed by atoms with Gasteiger partial charge in [0.1, 0.15) is 0 Å².